The molecule has 1 aromatic heterocycles. The molecule has 1 N–H and O–H groups in total. The largest absolute Gasteiger partial charge is 0.481 e. The third-order valence-corrected chi connectivity index (χ3v) is 2.83. The Labute approximate surface area is 111 Å². The lowest BCUT2D eigenvalue weighted by molar-refractivity contribution is -0.137. The zero-order valence-corrected chi connectivity index (χ0v) is 10.9. The first kappa shape index (κ1) is 12.0. The molecular formula is C11H9IN2O3. The van der Waals surface area contributed by atoms with Crippen LogP contribution in [-0.4, -0.2) is 21.3 Å². The van der Waals surface area contributed by atoms with Crippen LogP contribution in [0, 0.1) is 3.57 Å². The van der Waals surface area contributed by atoms with Gasteiger partial charge in [-0.05, 0) is 46.9 Å². The highest BCUT2D eigenvalue weighted by Gasteiger charge is 2.09. The van der Waals surface area contributed by atoms with Crippen molar-refractivity contribution in [2.75, 3.05) is 0 Å². The van der Waals surface area contributed by atoms with Gasteiger partial charge in [0.05, 0.1) is 6.42 Å². The van der Waals surface area contributed by atoms with Crippen LogP contribution in [-0.2, 0) is 11.2 Å². The summed E-state index contributed by atoms with van der Waals surface area (Å²) in [7, 11) is 0. The molecule has 0 saturated heterocycles. The third kappa shape index (κ3) is 3.26. The number of aromatic nitrogens is 2. The van der Waals surface area contributed by atoms with E-state index in [0.29, 0.717) is 11.8 Å². The van der Waals surface area contributed by atoms with E-state index in [1.807, 2.05) is 24.3 Å². The Morgan fingerprint density at radius 1 is 1.29 bits per heavy atom. The van der Waals surface area contributed by atoms with Crippen molar-refractivity contribution in [2.45, 2.75) is 12.8 Å². The molecule has 0 atom stereocenters. The monoisotopic (exact) mass is 344 g/mol. The summed E-state index contributed by atoms with van der Waals surface area (Å²) in [4.78, 5) is 10.4. The molecule has 0 saturated carbocycles. The Balaban J connectivity index is 2.12. The molecule has 88 valence electrons. The van der Waals surface area contributed by atoms with Crippen LogP contribution in [0.1, 0.15) is 12.3 Å². The van der Waals surface area contributed by atoms with Crippen LogP contribution < -0.4 is 0 Å². The molecule has 0 amide bonds. The van der Waals surface area contributed by atoms with E-state index in [9.17, 15) is 4.79 Å². The molecular weight excluding hydrogens is 335 g/mol. The van der Waals surface area contributed by atoms with Crippen LogP contribution in [0.15, 0.2) is 28.7 Å². The van der Waals surface area contributed by atoms with E-state index in [-0.39, 0.29) is 12.8 Å². The van der Waals surface area contributed by atoms with E-state index in [4.69, 9.17) is 9.52 Å². The number of carbonyl (C=O) groups is 1. The highest BCUT2D eigenvalue weighted by atomic mass is 127. The van der Waals surface area contributed by atoms with E-state index in [1.54, 1.807) is 0 Å². The van der Waals surface area contributed by atoms with Gasteiger partial charge in [0.25, 0.3) is 0 Å². The standard InChI is InChI=1S/C11H9IN2O3/c12-8-3-1-7(2-4-8)11-14-13-9(17-11)5-6-10(15)16/h1-4H,5-6H2,(H,15,16). The number of hydrogen-bond donors (Lipinski definition) is 1. The molecule has 6 heteroatoms. The van der Waals surface area contributed by atoms with Crippen molar-refractivity contribution in [1.29, 1.82) is 0 Å². The van der Waals surface area contributed by atoms with E-state index < -0.39 is 5.97 Å². The van der Waals surface area contributed by atoms with Crippen LogP contribution in [0.3, 0.4) is 0 Å². The number of carboxylic acids is 1. The molecule has 5 nitrogen and oxygen atoms in total. The van der Waals surface area contributed by atoms with Gasteiger partial charge < -0.3 is 9.52 Å². The van der Waals surface area contributed by atoms with Gasteiger partial charge in [-0.25, -0.2) is 0 Å². The number of nitrogens with zero attached hydrogens (tertiary/aromatic N) is 2. The fourth-order valence-corrected chi connectivity index (χ4v) is 1.64. The average molecular weight is 344 g/mol. The molecule has 2 rings (SSSR count). The Morgan fingerprint density at radius 3 is 2.65 bits per heavy atom. The van der Waals surface area contributed by atoms with Gasteiger partial charge in [-0.1, -0.05) is 0 Å². The minimum Gasteiger partial charge on any atom is -0.481 e. The Bertz CT molecular complexity index is 522. The second-order valence-corrected chi connectivity index (χ2v) is 4.65. The predicted octanol–water partition coefficient (Wildman–Crippen LogP) is 2.36. The van der Waals surface area contributed by atoms with Gasteiger partial charge in [0, 0.05) is 15.6 Å². The van der Waals surface area contributed by atoms with E-state index in [2.05, 4.69) is 32.8 Å². The van der Waals surface area contributed by atoms with Gasteiger partial charge in [0.1, 0.15) is 0 Å². The molecule has 0 unspecified atom stereocenters. The van der Waals surface area contributed by atoms with Crippen molar-refractivity contribution in [3.05, 3.63) is 33.7 Å². The Hall–Kier alpha value is -1.44. The molecule has 0 aliphatic heterocycles. The zero-order valence-electron chi connectivity index (χ0n) is 8.76. The summed E-state index contributed by atoms with van der Waals surface area (Å²) in [6.07, 6.45) is 0.251. The second-order valence-electron chi connectivity index (χ2n) is 3.40. The van der Waals surface area contributed by atoms with E-state index in [1.165, 1.54) is 0 Å². The molecule has 2 aromatic rings. The number of rotatable bonds is 4. The number of hydrogen-bond acceptors (Lipinski definition) is 4. The van der Waals surface area contributed by atoms with Gasteiger partial charge in [-0.15, -0.1) is 10.2 Å². The van der Waals surface area contributed by atoms with Crippen LogP contribution >= 0.6 is 22.6 Å². The number of aliphatic carboxylic acids is 1. The van der Waals surface area contributed by atoms with Crippen LogP contribution in [0.2, 0.25) is 0 Å². The van der Waals surface area contributed by atoms with Crippen LogP contribution in [0.25, 0.3) is 11.5 Å². The summed E-state index contributed by atoms with van der Waals surface area (Å²) in [6, 6.07) is 7.65. The van der Waals surface area contributed by atoms with Gasteiger partial charge >= 0.3 is 5.97 Å². The van der Waals surface area contributed by atoms with Gasteiger partial charge in [0.15, 0.2) is 0 Å². The molecule has 0 bridgehead atoms. The lowest BCUT2D eigenvalue weighted by atomic mass is 10.2. The smallest absolute Gasteiger partial charge is 0.303 e. The Morgan fingerprint density at radius 2 is 2.00 bits per heavy atom. The summed E-state index contributed by atoms with van der Waals surface area (Å²) < 4.78 is 6.49. The lowest BCUT2D eigenvalue weighted by Gasteiger charge is -1.94. The molecule has 0 aliphatic carbocycles. The first-order chi connectivity index (χ1) is 8.15. The van der Waals surface area contributed by atoms with Crippen molar-refractivity contribution in [3.8, 4) is 11.5 Å². The fraction of sp³-hybridized carbons (Fsp3) is 0.182. The SMILES string of the molecule is O=C(O)CCc1nnc(-c2ccc(I)cc2)o1. The second kappa shape index (κ2) is 5.26. The molecule has 0 spiro atoms. The number of aryl methyl sites for hydroxylation is 1. The summed E-state index contributed by atoms with van der Waals surface area (Å²) in [6.45, 7) is 0. The normalized spacial score (nSPS) is 10.4. The fourth-order valence-electron chi connectivity index (χ4n) is 1.28. The highest BCUT2D eigenvalue weighted by Crippen LogP contribution is 2.19. The summed E-state index contributed by atoms with van der Waals surface area (Å²) in [5.41, 5.74) is 0.833. The van der Waals surface area contributed by atoms with Crippen molar-refractivity contribution >= 4 is 28.6 Å². The third-order valence-electron chi connectivity index (χ3n) is 2.11. The van der Waals surface area contributed by atoms with Crippen molar-refractivity contribution < 1.29 is 14.3 Å². The van der Waals surface area contributed by atoms with Crippen molar-refractivity contribution in [2.24, 2.45) is 0 Å². The summed E-state index contributed by atoms with van der Waals surface area (Å²) in [5.74, 6) is -0.109. The number of carboxylic acid groups (broad SMARTS) is 1. The summed E-state index contributed by atoms with van der Waals surface area (Å²) >= 11 is 2.21. The van der Waals surface area contributed by atoms with Crippen molar-refractivity contribution in [3.63, 3.8) is 0 Å². The maximum absolute atomic E-state index is 10.4. The van der Waals surface area contributed by atoms with E-state index >= 15 is 0 Å². The van der Waals surface area contributed by atoms with E-state index in [0.717, 1.165) is 9.13 Å². The minimum absolute atomic E-state index is 0.00563. The molecule has 0 aliphatic rings. The molecule has 0 radical (unpaired) electrons. The number of benzene rings is 1. The van der Waals surface area contributed by atoms with Crippen LogP contribution in [0.4, 0.5) is 0 Å². The topological polar surface area (TPSA) is 76.2 Å². The Kier molecular flexibility index (Phi) is 3.72. The maximum Gasteiger partial charge on any atom is 0.303 e. The molecule has 1 aromatic carbocycles. The minimum atomic E-state index is -0.876. The lowest BCUT2D eigenvalue weighted by Crippen LogP contribution is -1.97. The van der Waals surface area contributed by atoms with Gasteiger partial charge in [-0.2, -0.15) is 0 Å². The van der Waals surface area contributed by atoms with Gasteiger partial charge in [0.2, 0.25) is 11.8 Å². The van der Waals surface area contributed by atoms with Gasteiger partial charge in [-0.3, -0.25) is 4.79 Å². The maximum atomic E-state index is 10.4. The zero-order chi connectivity index (χ0) is 12.3. The predicted molar refractivity (Wildman–Crippen MR) is 68.4 cm³/mol. The first-order valence-electron chi connectivity index (χ1n) is 4.95. The quantitative estimate of drug-likeness (QED) is 0.862. The first-order valence-corrected chi connectivity index (χ1v) is 6.03. The average Bonchev–Trinajstić information content (AvgIpc) is 2.76. The highest BCUT2D eigenvalue weighted by molar-refractivity contribution is 14.1. The number of halogens is 1. The van der Waals surface area contributed by atoms with Crippen LogP contribution in [0.5, 0.6) is 0 Å². The molecule has 1 heterocycles. The summed E-state index contributed by atoms with van der Waals surface area (Å²) in [5, 5.41) is 16.2. The molecule has 0 fully saturated rings. The van der Waals surface area contributed by atoms with Crippen molar-refractivity contribution in [1.82, 2.24) is 10.2 Å². The molecule has 17 heavy (non-hydrogen) atoms.